The van der Waals surface area contributed by atoms with E-state index in [0.717, 1.165) is 10.0 Å². The summed E-state index contributed by atoms with van der Waals surface area (Å²) in [6, 6.07) is 10.0. The summed E-state index contributed by atoms with van der Waals surface area (Å²) in [7, 11) is 0. The Morgan fingerprint density at radius 2 is 2.05 bits per heavy atom. The van der Waals surface area contributed by atoms with E-state index < -0.39 is 6.04 Å². The topological polar surface area (TPSA) is 68.0 Å². The molecule has 1 amide bonds. The number of nitrogens with zero attached hydrogens (tertiary/aromatic N) is 1. The number of anilines is 1. The number of hydrogen-bond acceptors (Lipinski definition) is 3. The van der Waals surface area contributed by atoms with Gasteiger partial charge >= 0.3 is 0 Å². The lowest BCUT2D eigenvalue weighted by Gasteiger charge is -2.13. The van der Waals surface area contributed by atoms with Crippen LogP contribution < -0.4 is 11.1 Å². The van der Waals surface area contributed by atoms with E-state index in [1.807, 2.05) is 18.2 Å². The van der Waals surface area contributed by atoms with Crippen LogP contribution in [0.4, 0.5) is 5.69 Å². The molecule has 0 spiro atoms. The number of amides is 1. The van der Waals surface area contributed by atoms with Crippen molar-refractivity contribution in [3.63, 3.8) is 0 Å². The molecule has 0 aliphatic carbocycles. The molecule has 1 atom stereocenters. The Kier molecular flexibility index (Phi) is 4.52. The average Bonchev–Trinajstić information content (AvgIpc) is 2.43. The Balaban J connectivity index is 2.15. The molecule has 3 N–H and O–H groups in total. The van der Waals surface area contributed by atoms with Gasteiger partial charge in [0.15, 0.2) is 5.15 Å². The minimum atomic E-state index is -0.753. The summed E-state index contributed by atoms with van der Waals surface area (Å²) in [6.07, 6.45) is 1.55. The van der Waals surface area contributed by atoms with E-state index in [1.54, 1.807) is 24.4 Å². The molecule has 0 saturated heterocycles. The van der Waals surface area contributed by atoms with Gasteiger partial charge in [0, 0.05) is 10.7 Å². The first-order valence-electron chi connectivity index (χ1n) is 5.50. The van der Waals surface area contributed by atoms with Crippen LogP contribution in [0.3, 0.4) is 0 Å². The van der Waals surface area contributed by atoms with Crippen LogP contribution in [0.2, 0.25) is 5.15 Å². The highest BCUT2D eigenvalue weighted by molar-refractivity contribution is 9.10. The van der Waals surface area contributed by atoms with E-state index in [9.17, 15) is 4.79 Å². The maximum absolute atomic E-state index is 12.0. The molecule has 0 radical (unpaired) electrons. The van der Waals surface area contributed by atoms with Crippen LogP contribution in [0.1, 0.15) is 11.6 Å². The Labute approximate surface area is 124 Å². The highest BCUT2D eigenvalue weighted by atomic mass is 79.9. The van der Waals surface area contributed by atoms with Crippen molar-refractivity contribution in [2.24, 2.45) is 5.73 Å². The Hall–Kier alpha value is -1.43. The fourth-order valence-corrected chi connectivity index (χ4v) is 2.01. The Morgan fingerprint density at radius 3 is 2.74 bits per heavy atom. The number of aromatic nitrogens is 1. The maximum Gasteiger partial charge on any atom is 0.245 e. The van der Waals surface area contributed by atoms with Gasteiger partial charge < -0.3 is 11.1 Å². The standard InChI is InChI=1S/C13H11BrClN3O/c14-9-6-10(12(15)17-7-9)18-13(19)11(16)8-4-2-1-3-5-8/h1-7,11H,16H2,(H,18,19)/t11-/m0/s1. The largest absolute Gasteiger partial charge is 0.322 e. The van der Waals surface area contributed by atoms with Gasteiger partial charge in [-0.05, 0) is 27.6 Å². The summed E-state index contributed by atoms with van der Waals surface area (Å²) < 4.78 is 0.723. The number of carbonyl (C=O) groups excluding carboxylic acids is 1. The van der Waals surface area contributed by atoms with Crippen LogP contribution in [0, 0.1) is 0 Å². The van der Waals surface area contributed by atoms with Gasteiger partial charge in [-0.3, -0.25) is 4.79 Å². The predicted octanol–water partition coefficient (Wildman–Crippen LogP) is 3.14. The van der Waals surface area contributed by atoms with Gasteiger partial charge in [-0.1, -0.05) is 41.9 Å². The van der Waals surface area contributed by atoms with Crippen molar-refractivity contribution in [2.45, 2.75) is 6.04 Å². The highest BCUT2D eigenvalue weighted by Gasteiger charge is 2.17. The fraction of sp³-hybridized carbons (Fsp3) is 0.0769. The summed E-state index contributed by atoms with van der Waals surface area (Å²) in [5.74, 6) is -0.340. The lowest BCUT2D eigenvalue weighted by molar-refractivity contribution is -0.117. The molecular formula is C13H11BrClN3O. The van der Waals surface area contributed by atoms with Crippen LogP contribution in [0.25, 0.3) is 0 Å². The third-order valence-electron chi connectivity index (χ3n) is 2.50. The predicted molar refractivity (Wildman–Crippen MR) is 78.9 cm³/mol. The molecule has 2 aromatic rings. The van der Waals surface area contributed by atoms with Gasteiger partial charge in [-0.15, -0.1) is 0 Å². The summed E-state index contributed by atoms with van der Waals surface area (Å²) in [5.41, 5.74) is 7.05. The molecule has 0 aliphatic heterocycles. The second-order valence-electron chi connectivity index (χ2n) is 3.87. The Bertz CT molecular complexity index is 592. The fourth-order valence-electron chi connectivity index (χ4n) is 1.53. The van der Waals surface area contributed by atoms with Gasteiger partial charge in [0.05, 0.1) is 5.69 Å². The van der Waals surface area contributed by atoms with Gasteiger partial charge in [0.25, 0.3) is 0 Å². The van der Waals surface area contributed by atoms with Crippen LogP contribution in [-0.2, 0) is 4.79 Å². The molecule has 1 heterocycles. The number of benzene rings is 1. The van der Waals surface area contributed by atoms with E-state index in [4.69, 9.17) is 17.3 Å². The van der Waals surface area contributed by atoms with Crippen molar-refractivity contribution in [3.8, 4) is 0 Å². The number of rotatable bonds is 3. The monoisotopic (exact) mass is 339 g/mol. The molecule has 0 unspecified atom stereocenters. The van der Waals surface area contributed by atoms with E-state index in [2.05, 4.69) is 26.2 Å². The van der Waals surface area contributed by atoms with Gasteiger partial charge in [-0.2, -0.15) is 0 Å². The first-order valence-corrected chi connectivity index (χ1v) is 6.67. The van der Waals surface area contributed by atoms with Gasteiger partial charge in [0.1, 0.15) is 6.04 Å². The minimum Gasteiger partial charge on any atom is -0.322 e. The number of nitrogens with one attached hydrogen (secondary N) is 1. The molecule has 1 aromatic carbocycles. The number of pyridine rings is 1. The van der Waals surface area contributed by atoms with Crippen molar-refractivity contribution >= 4 is 39.1 Å². The summed E-state index contributed by atoms with van der Waals surface area (Å²) >= 11 is 9.17. The number of halogens is 2. The van der Waals surface area contributed by atoms with E-state index in [0.29, 0.717) is 5.69 Å². The first-order chi connectivity index (χ1) is 9.08. The lowest BCUT2D eigenvalue weighted by Crippen LogP contribution is -2.27. The average molecular weight is 341 g/mol. The van der Waals surface area contributed by atoms with Crippen LogP contribution in [0.15, 0.2) is 47.1 Å². The maximum atomic E-state index is 12.0. The van der Waals surface area contributed by atoms with Crippen LogP contribution in [0.5, 0.6) is 0 Å². The molecule has 98 valence electrons. The van der Waals surface area contributed by atoms with Crippen molar-refractivity contribution in [1.29, 1.82) is 0 Å². The van der Waals surface area contributed by atoms with Crippen molar-refractivity contribution < 1.29 is 4.79 Å². The molecule has 4 nitrogen and oxygen atoms in total. The lowest BCUT2D eigenvalue weighted by atomic mass is 10.1. The number of hydrogen-bond donors (Lipinski definition) is 2. The van der Waals surface area contributed by atoms with Crippen LogP contribution >= 0.6 is 27.5 Å². The zero-order valence-corrected chi connectivity index (χ0v) is 12.1. The SMILES string of the molecule is N[C@H](C(=O)Nc1cc(Br)cnc1Cl)c1ccccc1. The zero-order chi connectivity index (χ0) is 13.8. The van der Waals surface area contributed by atoms with E-state index in [1.165, 1.54) is 0 Å². The molecule has 1 aromatic heterocycles. The highest BCUT2D eigenvalue weighted by Crippen LogP contribution is 2.24. The smallest absolute Gasteiger partial charge is 0.245 e. The molecular weight excluding hydrogens is 330 g/mol. The van der Waals surface area contributed by atoms with E-state index in [-0.39, 0.29) is 11.1 Å². The number of carbonyl (C=O) groups is 1. The first kappa shape index (κ1) is 14.0. The summed E-state index contributed by atoms with van der Waals surface area (Å²) in [6.45, 7) is 0. The van der Waals surface area contributed by atoms with Crippen molar-refractivity contribution in [1.82, 2.24) is 4.98 Å². The zero-order valence-electron chi connectivity index (χ0n) is 9.81. The second-order valence-corrected chi connectivity index (χ2v) is 5.14. The molecule has 6 heteroatoms. The van der Waals surface area contributed by atoms with Gasteiger partial charge in [-0.25, -0.2) is 4.98 Å². The van der Waals surface area contributed by atoms with Crippen molar-refractivity contribution in [2.75, 3.05) is 5.32 Å². The van der Waals surface area contributed by atoms with Crippen molar-refractivity contribution in [3.05, 3.63) is 57.8 Å². The van der Waals surface area contributed by atoms with Crippen LogP contribution in [-0.4, -0.2) is 10.9 Å². The Morgan fingerprint density at radius 1 is 1.37 bits per heavy atom. The molecule has 2 rings (SSSR count). The normalized spacial score (nSPS) is 11.9. The second kappa shape index (κ2) is 6.14. The molecule has 0 saturated carbocycles. The third-order valence-corrected chi connectivity index (χ3v) is 3.24. The summed E-state index contributed by atoms with van der Waals surface area (Å²) in [4.78, 5) is 16.0. The molecule has 0 bridgehead atoms. The number of nitrogens with two attached hydrogens (primary N) is 1. The third kappa shape index (κ3) is 3.53. The summed E-state index contributed by atoms with van der Waals surface area (Å²) in [5, 5.41) is 2.88. The van der Waals surface area contributed by atoms with E-state index >= 15 is 0 Å². The minimum absolute atomic E-state index is 0.219. The molecule has 0 aliphatic rings. The molecule has 19 heavy (non-hydrogen) atoms. The van der Waals surface area contributed by atoms with Gasteiger partial charge in [0.2, 0.25) is 5.91 Å². The quantitative estimate of drug-likeness (QED) is 0.844. The molecule has 0 fully saturated rings.